The molecule has 3 heterocycles. The molecule has 3 atom stereocenters. The Morgan fingerprint density at radius 3 is 2.92 bits per heavy atom. The van der Waals surface area contributed by atoms with Crippen molar-refractivity contribution < 1.29 is 27.6 Å². The lowest BCUT2D eigenvalue weighted by molar-refractivity contribution is -0.0415. The van der Waals surface area contributed by atoms with Crippen molar-refractivity contribution in [2.75, 3.05) is 24.7 Å². The Hall–Kier alpha value is -1.55. The Balaban J connectivity index is 1.87. The van der Waals surface area contributed by atoms with Crippen LogP contribution in [0.1, 0.15) is 12.6 Å². The van der Waals surface area contributed by atoms with Crippen LogP contribution in [0.25, 0.3) is 11.0 Å². The van der Waals surface area contributed by atoms with E-state index in [1.165, 1.54) is 22.8 Å². The number of nitrogens with zero attached hydrogens (tertiary/aromatic N) is 4. The van der Waals surface area contributed by atoms with Gasteiger partial charge in [0.1, 0.15) is 23.3 Å². The summed E-state index contributed by atoms with van der Waals surface area (Å²) < 4.78 is 33.4. The number of ether oxygens (including phenoxy) is 1. The van der Waals surface area contributed by atoms with Crippen LogP contribution in [-0.2, 0) is 19.2 Å². The molecular weight excluding hydrogens is 388 g/mol. The first-order valence-electron chi connectivity index (χ1n) is 7.53. The molecule has 0 aromatic carbocycles. The van der Waals surface area contributed by atoms with Crippen molar-refractivity contribution in [3.05, 3.63) is 6.33 Å². The molecule has 0 saturated carbocycles. The first-order valence-corrected chi connectivity index (χ1v) is 9.99. The Morgan fingerprint density at radius 2 is 2.23 bits per heavy atom. The van der Waals surface area contributed by atoms with Gasteiger partial charge in [0.15, 0.2) is 11.9 Å². The third-order valence-corrected chi connectivity index (χ3v) is 5.10. The molecule has 1 saturated heterocycles. The molecule has 0 radical (unpaired) electrons. The summed E-state index contributed by atoms with van der Waals surface area (Å²) in [6.07, 6.45) is -1.16. The Kier molecular flexibility index (Phi) is 5.61. The summed E-state index contributed by atoms with van der Waals surface area (Å²) in [5.41, 5.74) is 6.33. The van der Waals surface area contributed by atoms with Crippen LogP contribution in [0.3, 0.4) is 0 Å². The second-order valence-electron chi connectivity index (χ2n) is 5.49. The van der Waals surface area contributed by atoms with E-state index in [0.29, 0.717) is 21.8 Å². The zero-order valence-electron chi connectivity index (χ0n) is 13.4. The summed E-state index contributed by atoms with van der Waals surface area (Å²) >= 11 is 1.28. The SMILES string of the molecule is Nc1ncnc2c1c(SCCO)nn2[C@H]1C[C@H](O)[C@@H](COS(N)(=O)=O)O1. The molecule has 26 heavy (non-hydrogen) atoms. The van der Waals surface area contributed by atoms with Crippen molar-refractivity contribution in [3.8, 4) is 0 Å². The monoisotopic (exact) mass is 406 g/mol. The average molecular weight is 406 g/mol. The zero-order valence-corrected chi connectivity index (χ0v) is 15.1. The van der Waals surface area contributed by atoms with Gasteiger partial charge in [-0.25, -0.2) is 19.8 Å². The lowest BCUT2D eigenvalue weighted by atomic mass is 10.2. The van der Waals surface area contributed by atoms with Gasteiger partial charge >= 0.3 is 10.3 Å². The quantitative estimate of drug-likeness (QED) is 0.386. The zero-order chi connectivity index (χ0) is 18.9. The second kappa shape index (κ2) is 7.59. The van der Waals surface area contributed by atoms with Gasteiger partial charge in [-0.15, -0.1) is 11.8 Å². The maximum atomic E-state index is 10.9. The number of anilines is 1. The summed E-state index contributed by atoms with van der Waals surface area (Å²) in [5, 5.41) is 29.4. The highest BCUT2D eigenvalue weighted by Gasteiger charge is 2.37. The number of nitrogen functional groups attached to an aromatic ring is 1. The lowest BCUT2D eigenvalue weighted by Crippen LogP contribution is -2.30. The van der Waals surface area contributed by atoms with Gasteiger partial charge < -0.3 is 20.7 Å². The molecule has 12 nitrogen and oxygen atoms in total. The maximum absolute atomic E-state index is 10.9. The molecule has 2 aromatic heterocycles. The summed E-state index contributed by atoms with van der Waals surface area (Å²) in [5.74, 6) is 0.633. The van der Waals surface area contributed by atoms with Crippen LogP contribution in [0.4, 0.5) is 5.82 Å². The molecule has 1 aliphatic rings. The predicted molar refractivity (Wildman–Crippen MR) is 91.1 cm³/mol. The molecule has 0 spiro atoms. The number of aromatic nitrogens is 4. The van der Waals surface area contributed by atoms with Crippen LogP contribution in [-0.4, -0.2) is 69.6 Å². The van der Waals surface area contributed by atoms with Gasteiger partial charge in [0.25, 0.3) is 0 Å². The van der Waals surface area contributed by atoms with Crippen molar-refractivity contribution in [2.45, 2.75) is 29.9 Å². The molecular formula is C12H18N6O6S2. The topological polar surface area (TPSA) is 189 Å². The smallest absolute Gasteiger partial charge is 0.333 e. The highest BCUT2D eigenvalue weighted by atomic mass is 32.2. The summed E-state index contributed by atoms with van der Waals surface area (Å²) in [7, 11) is -4.14. The normalized spacial score (nSPS) is 23.7. The van der Waals surface area contributed by atoms with Gasteiger partial charge in [-0.1, -0.05) is 0 Å². The van der Waals surface area contributed by atoms with Crippen molar-refractivity contribution in [3.63, 3.8) is 0 Å². The summed E-state index contributed by atoms with van der Waals surface area (Å²) in [6, 6.07) is 0. The minimum absolute atomic E-state index is 0.0434. The van der Waals surface area contributed by atoms with Crippen LogP contribution in [0.15, 0.2) is 11.4 Å². The molecule has 2 aromatic rings. The van der Waals surface area contributed by atoms with Gasteiger partial charge in [-0.2, -0.15) is 13.5 Å². The van der Waals surface area contributed by atoms with Crippen LogP contribution < -0.4 is 10.9 Å². The molecule has 3 rings (SSSR count). The lowest BCUT2D eigenvalue weighted by Gasteiger charge is -2.14. The summed E-state index contributed by atoms with van der Waals surface area (Å²) in [6.45, 7) is -0.461. The van der Waals surface area contributed by atoms with Crippen LogP contribution in [0, 0.1) is 0 Å². The minimum atomic E-state index is -4.14. The molecule has 1 aliphatic heterocycles. The molecule has 0 aliphatic carbocycles. The largest absolute Gasteiger partial charge is 0.396 e. The van der Waals surface area contributed by atoms with Gasteiger partial charge in [0.2, 0.25) is 0 Å². The van der Waals surface area contributed by atoms with Crippen molar-refractivity contribution in [2.24, 2.45) is 5.14 Å². The van der Waals surface area contributed by atoms with E-state index in [9.17, 15) is 13.5 Å². The van der Waals surface area contributed by atoms with Crippen molar-refractivity contribution in [1.82, 2.24) is 19.7 Å². The van der Waals surface area contributed by atoms with Crippen LogP contribution in [0.2, 0.25) is 0 Å². The molecule has 6 N–H and O–H groups in total. The van der Waals surface area contributed by atoms with Crippen LogP contribution in [0.5, 0.6) is 0 Å². The molecule has 144 valence electrons. The van der Waals surface area contributed by atoms with E-state index in [1.807, 2.05) is 0 Å². The Bertz CT molecular complexity index is 890. The van der Waals surface area contributed by atoms with Crippen molar-refractivity contribution >= 4 is 38.9 Å². The van der Waals surface area contributed by atoms with E-state index >= 15 is 0 Å². The minimum Gasteiger partial charge on any atom is -0.396 e. The number of nitrogens with two attached hydrogens (primary N) is 2. The molecule has 14 heteroatoms. The average Bonchev–Trinajstić information content (AvgIpc) is 3.12. The third-order valence-electron chi connectivity index (χ3n) is 3.69. The number of rotatable bonds is 7. The number of hydrogen-bond donors (Lipinski definition) is 4. The molecule has 1 fully saturated rings. The fraction of sp³-hybridized carbons (Fsp3) is 0.583. The molecule has 0 bridgehead atoms. The van der Waals surface area contributed by atoms with E-state index < -0.39 is 35.3 Å². The van der Waals surface area contributed by atoms with E-state index in [0.717, 1.165) is 0 Å². The molecule has 0 unspecified atom stereocenters. The third kappa shape index (κ3) is 4.06. The fourth-order valence-electron chi connectivity index (χ4n) is 2.58. The van der Waals surface area contributed by atoms with Gasteiger partial charge in [-0.05, 0) is 0 Å². The number of hydrogen-bond acceptors (Lipinski definition) is 11. The van der Waals surface area contributed by atoms with E-state index in [4.69, 9.17) is 20.7 Å². The highest BCUT2D eigenvalue weighted by Crippen LogP contribution is 2.35. The number of aliphatic hydroxyl groups is 2. The first-order chi connectivity index (χ1) is 12.3. The van der Waals surface area contributed by atoms with Crippen molar-refractivity contribution in [1.29, 1.82) is 0 Å². The Morgan fingerprint density at radius 1 is 1.46 bits per heavy atom. The predicted octanol–water partition coefficient (Wildman–Crippen LogP) is -1.64. The van der Waals surface area contributed by atoms with E-state index in [-0.39, 0.29) is 18.8 Å². The Labute approximate surface area is 152 Å². The highest BCUT2D eigenvalue weighted by molar-refractivity contribution is 7.99. The summed E-state index contributed by atoms with van der Waals surface area (Å²) in [4.78, 5) is 8.12. The van der Waals surface area contributed by atoms with E-state index in [2.05, 4.69) is 19.2 Å². The number of fused-ring (bicyclic) bond motifs is 1. The van der Waals surface area contributed by atoms with Crippen LogP contribution >= 0.6 is 11.8 Å². The number of thioether (sulfide) groups is 1. The fourth-order valence-corrected chi connectivity index (χ4v) is 3.68. The second-order valence-corrected chi connectivity index (χ2v) is 7.79. The maximum Gasteiger partial charge on any atom is 0.333 e. The number of aliphatic hydroxyl groups excluding tert-OH is 2. The van der Waals surface area contributed by atoms with Gasteiger partial charge in [0, 0.05) is 12.2 Å². The van der Waals surface area contributed by atoms with Gasteiger partial charge in [0.05, 0.1) is 24.7 Å². The van der Waals surface area contributed by atoms with E-state index in [1.54, 1.807) is 0 Å². The first kappa shape index (κ1) is 19.2. The molecule has 0 amide bonds. The van der Waals surface area contributed by atoms with Gasteiger partial charge in [-0.3, -0.25) is 4.18 Å². The standard InChI is InChI=1S/C12H18N6O6S2/c13-10-9-11(16-5-15-10)18(17-12(9)25-2-1-19)8-3-6(20)7(24-8)4-23-26(14,21)22/h5-8,19-20H,1-4H2,(H2,13,15,16)(H2,14,21,22)/t6-,7+,8+/m0/s1.